The van der Waals surface area contributed by atoms with Gasteiger partial charge in [-0.3, -0.25) is 14.4 Å². The van der Waals surface area contributed by atoms with E-state index in [0.717, 1.165) is 0 Å². The van der Waals surface area contributed by atoms with E-state index in [2.05, 4.69) is 5.32 Å². The van der Waals surface area contributed by atoms with Gasteiger partial charge in [-0.2, -0.15) is 0 Å². The summed E-state index contributed by atoms with van der Waals surface area (Å²) in [6, 6.07) is 8.70. The molecule has 126 valence electrons. The zero-order chi connectivity index (χ0) is 17.5. The SMILES string of the molecule is CC(C)(C)C(=O)NCCCC(=O)N(CC(=O)O)c1ccccc1. The lowest BCUT2D eigenvalue weighted by Crippen LogP contribution is -2.37. The van der Waals surface area contributed by atoms with Gasteiger partial charge in [0.15, 0.2) is 0 Å². The Kier molecular flexibility index (Phi) is 6.75. The Balaban J connectivity index is 2.55. The summed E-state index contributed by atoms with van der Waals surface area (Å²) in [5.41, 5.74) is 0.0854. The topological polar surface area (TPSA) is 86.7 Å². The first-order valence-electron chi connectivity index (χ1n) is 7.57. The maximum Gasteiger partial charge on any atom is 0.323 e. The van der Waals surface area contributed by atoms with Gasteiger partial charge in [0.1, 0.15) is 6.54 Å². The summed E-state index contributed by atoms with van der Waals surface area (Å²) in [6.45, 7) is 5.46. The summed E-state index contributed by atoms with van der Waals surface area (Å²) in [5, 5.41) is 11.7. The molecule has 1 aromatic carbocycles. The van der Waals surface area contributed by atoms with Crippen LogP contribution in [0.3, 0.4) is 0 Å². The second-order valence-corrected chi connectivity index (χ2v) is 6.32. The molecule has 2 N–H and O–H groups in total. The fourth-order valence-corrected chi connectivity index (χ4v) is 1.91. The Hall–Kier alpha value is -2.37. The zero-order valence-electron chi connectivity index (χ0n) is 13.8. The highest BCUT2D eigenvalue weighted by molar-refractivity contribution is 5.97. The molecule has 2 amide bonds. The van der Waals surface area contributed by atoms with Crippen LogP contribution in [-0.4, -0.2) is 36.0 Å². The number of hydrogen-bond acceptors (Lipinski definition) is 3. The maximum absolute atomic E-state index is 12.3. The van der Waals surface area contributed by atoms with Crippen LogP contribution < -0.4 is 10.2 Å². The second-order valence-electron chi connectivity index (χ2n) is 6.32. The number of rotatable bonds is 7. The van der Waals surface area contributed by atoms with Crippen molar-refractivity contribution in [3.05, 3.63) is 30.3 Å². The van der Waals surface area contributed by atoms with Gasteiger partial charge in [0, 0.05) is 24.1 Å². The summed E-state index contributed by atoms with van der Waals surface area (Å²) < 4.78 is 0. The number of para-hydroxylation sites is 1. The molecule has 23 heavy (non-hydrogen) atoms. The van der Waals surface area contributed by atoms with Crippen LogP contribution in [0.1, 0.15) is 33.6 Å². The number of nitrogens with zero attached hydrogens (tertiary/aromatic N) is 1. The van der Waals surface area contributed by atoms with Gasteiger partial charge < -0.3 is 15.3 Å². The molecule has 0 aliphatic heterocycles. The summed E-state index contributed by atoms with van der Waals surface area (Å²) in [7, 11) is 0. The van der Waals surface area contributed by atoms with Crippen molar-refractivity contribution in [1.82, 2.24) is 5.32 Å². The molecule has 6 heteroatoms. The number of aliphatic carboxylic acids is 1. The molecule has 0 aliphatic rings. The van der Waals surface area contributed by atoms with E-state index in [1.165, 1.54) is 4.90 Å². The highest BCUT2D eigenvalue weighted by Gasteiger charge is 2.21. The van der Waals surface area contributed by atoms with Crippen LogP contribution in [0.25, 0.3) is 0 Å². The van der Waals surface area contributed by atoms with Crippen molar-refractivity contribution < 1.29 is 19.5 Å². The van der Waals surface area contributed by atoms with Crippen molar-refractivity contribution >= 4 is 23.5 Å². The molecule has 0 aliphatic carbocycles. The Bertz CT molecular complexity index is 549. The molecule has 0 atom stereocenters. The van der Waals surface area contributed by atoms with Crippen LogP contribution in [-0.2, 0) is 14.4 Å². The van der Waals surface area contributed by atoms with E-state index in [9.17, 15) is 14.4 Å². The van der Waals surface area contributed by atoms with Crippen molar-refractivity contribution in [2.45, 2.75) is 33.6 Å². The quantitative estimate of drug-likeness (QED) is 0.753. The van der Waals surface area contributed by atoms with Crippen LogP contribution in [0.2, 0.25) is 0 Å². The smallest absolute Gasteiger partial charge is 0.323 e. The maximum atomic E-state index is 12.3. The number of carboxylic acid groups (broad SMARTS) is 1. The van der Waals surface area contributed by atoms with Crippen molar-refractivity contribution in [3.8, 4) is 0 Å². The molecule has 0 heterocycles. The van der Waals surface area contributed by atoms with Gasteiger partial charge in [-0.1, -0.05) is 39.0 Å². The zero-order valence-corrected chi connectivity index (χ0v) is 13.8. The van der Waals surface area contributed by atoms with Crippen molar-refractivity contribution in [3.63, 3.8) is 0 Å². The van der Waals surface area contributed by atoms with E-state index >= 15 is 0 Å². The van der Waals surface area contributed by atoms with Gasteiger partial charge in [-0.15, -0.1) is 0 Å². The average molecular weight is 320 g/mol. The first kappa shape index (κ1) is 18.7. The molecule has 0 aromatic heterocycles. The number of carbonyl (C=O) groups excluding carboxylic acids is 2. The van der Waals surface area contributed by atoms with Gasteiger partial charge in [0.25, 0.3) is 0 Å². The molecular formula is C17H24N2O4. The minimum Gasteiger partial charge on any atom is -0.480 e. The highest BCUT2D eigenvalue weighted by Crippen LogP contribution is 2.15. The summed E-state index contributed by atoms with van der Waals surface area (Å²) in [5.74, 6) is -1.41. The lowest BCUT2D eigenvalue weighted by molar-refractivity contribution is -0.136. The van der Waals surface area contributed by atoms with Crippen LogP contribution in [0, 0.1) is 5.41 Å². The molecule has 0 saturated heterocycles. The van der Waals surface area contributed by atoms with Crippen LogP contribution in [0.15, 0.2) is 30.3 Å². The molecule has 0 fully saturated rings. The van der Waals surface area contributed by atoms with Gasteiger partial charge in [0.05, 0.1) is 0 Å². The molecular weight excluding hydrogens is 296 g/mol. The number of carboxylic acids is 1. The van der Waals surface area contributed by atoms with E-state index in [-0.39, 0.29) is 24.8 Å². The van der Waals surface area contributed by atoms with Gasteiger partial charge in [0.2, 0.25) is 11.8 Å². The molecule has 0 saturated carbocycles. The minimum absolute atomic E-state index is 0.0737. The number of carbonyl (C=O) groups is 3. The number of benzene rings is 1. The third-order valence-corrected chi connectivity index (χ3v) is 3.20. The standard InChI is InChI=1S/C17H24N2O4/c1-17(2,3)16(23)18-11-7-10-14(20)19(12-15(21)22)13-8-5-4-6-9-13/h4-6,8-9H,7,10-12H2,1-3H3,(H,18,23)(H,21,22). The van der Waals surface area contributed by atoms with Gasteiger partial charge in [-0.05, 0) is 18.6 Å². The van der Waals surface area contributed by atoms with Crippen molar-refractivity contribution in [2.75, 3.05) is 18.0 Å². The number of amides is 2. The Labute approximate surface area is 136 Å². The van der Waals surface area contributed by atoms with Crippen molar-refractivity contribution in [2.24, 2.45) is 5.41 Å². The fraction of sp³-hybridized carbons (Fsp3) is 0.471. The third kappa shape index (κ3) is 6.50. The van der Waals surface area contributed by atoms with Crippen molar-refractivity contribution in [1.29, 1.82) is 0 Å². The lowest BCUT2D eigenvalue weighted by Gasteiger charge is -2.21. The largest absolute Gasteiger partial charge is 0.480 e. The predicted octanol–water partition coefficient (Wildman–Crippen LogP) is 2.05. The summed E-state index contributed by atoms with van der Waals surface area (Å²) in [4.78, 5) is 36.2. The Morgan fingerprint density at radius 2 is 1.74 bits per heavy atom. The molecule has 0 bridgehead atoms. The van der Waals surface area contributed by atoms with E-state index < -0.39 is 11.4 Å². The third-order valence-electron chi connectivity index (χ3n) is 3.20. The predicted molar refractivity (Wildman–Crippen MR) is 88.1 cm³/mol. The first-order valence-corrected chi connectivity index (χ1v) is 7.57. The van der Waals surface area contributed by atoms with Gasteiger partial charge >= 0.3 is 5.97 Å². The van der Waals surface area contributed by atoms with E-state index in [1.807, 2.05) is 20.8 Å². The molecule has 0 radical (unpaired) electrons. The molecule has 1 rings (SSSR count). The summed E-state index contributed by atoms with van der Waals surface area (Å²) in [6.07, 6.45) is 0.635. The number of anilines is 1. The van der Waals surface area contributed by atoms with E-state index in [1.54, 1.807) is 30.3 Å². The normalized spacial score (nSPS) is 10.9. The summed E-state index contributed by atoms with van der Waals surface area (Å²) >= 11 is 0. The molecule has 6 nitrogen and oxygen atoms in total. The molecule has 0 spiro atoms. The number of nitrogens with one attached hydrogen (secondary N) is 1. The van der Waals surface area contributed by atoms with E-state index in [4.69, 9.17) is 5.11 Å². The molecule has 1 aromatic rings. The van der Waals surface area contributed by atoms with Crippen LogP contribution in [0.5, 0.6) is 0 Å². The fourth-order valence-electron chi connectivity index (χ4n) is 1.91. The lowest BCUT2D eigenvalue weighted by atomic mass is 9.96. The Morgan fingerprint density at radius 3 is 2.26 bits per heavy atom. The number of hydrogen-bond donors (Lipinski definition) is 2. The second kappa shape index (κ2) is 8.31. The average Bonchev–Trinajstić information content (AvgIpc) is 2.48. The van der Waals surface area contributed by atoms with Crippen LogP contribution in [0.4, 0.5) is 5.69 Å². The van der Waals surface area contributed by atoms with Gasteiger partial charge in [-0.25, -0.2) is 0 Å². The minimum atomic E-state index is -1.07. The monoisotopic (exact) mass is 320 g/mol. The van der Waals surface area contributed by atoms with Crippen LogP contribution >= 0.6 is 0 Å². The Morgan fingerprint density at radius 1 is 1.13 bits per heavy atom. The molecule has 0 unspecified atom stereocenters. The highest BCUT2D eigenvalue weighted by atomic mass is 16.4. The van der Waals surface area contributed by atoms with E-state index in [0.29, 0.717) is 18.7 Å². The first-order chi connectivity index (χ1) is 10.7.